The Labute approximate surface area is 277 Å². The standard InChI is InChI=1S/C45H32NP/c1-5-19-35(20-6-1)45(36-21-7-2-8-22-36)46-41-31-29-33-17-13-15-27-39(33)43(41)44-40-28-16-14-18-34(40)30-32-42(44)47(37-23-9-3-10-24-37)38-25-11-4-12-26-38/h1-32H. The molecule has 0 aliphatic rings. The molecule has 0 spiro atoms. The largest absolute Gasteiger partial charge is 0.247 e. The summed E-state index contributed by atoms with van der Waals surface area (Å²) in [6, 6.07) is 69.7. The van der Waals surface area contributed by atoms with Gasteiger partial charge in [-0.1, -0.05) is 188 Å². The molecule has 0 bridgehead atoms. The summed E-state index contributed by atoms with van der Waals surface area (Å²) in [7, 11) is -0.888. The molecule has 8 aromatic rings. The molecule has 2 heteroatoms. The van der Waals surface area contributed by atoms with Gasteiger partial charge in [-0.2, -0.15) is 0 Å². The second-order valence-electron chi connectivity index (χ2n) is 11.6. The fourth-order valence-corrected chi connectivity index (χ4v) is 8.99. The topological polar surface area (TPSA) is 12.4 Å². The van der Waals surface area contributed by atoms with Crippen molar-refractivity contribution in [1.29, 1.82) is 0 Å². The molecule has 0 atom stereocenters. The van der Waals surface area contributed by atoms with Crippen molar-refractivity contribution >= 4 is 56.8 Å². The molecule has 8 aromatic carbocycles. The zero-order valence-electron chi connectivity index (χ0n) is 25.9. The molecule has 222 valence electrons. The van der Waals surface area contributed by atoms with Gasteiger partial charge < -0.3 is 0 Å². The van der Waals surface area contributed by atoms with E-state index in [-0.39, 0.29) is 0 Å². The lowest BCUT2D eigenvalue weighted by molar-refractivity contribution is 1.48. The minimum atomic E-state index is -0.888. The third kappa shape index (κ3) is 5.67. The molecular weight excluding hydrogens is 585 g/mol. The summed E-state index contributed by atoms with van der Waals surface area (Å²) in [4.78, 5) is 5.60. The predicted octanol–water partition coefficient (Wildman–Crippen LogP) is 10.6. The number of hydrogen-bond donors (Lipinski definition) is 0. The number of rotatable bonds is 7. The molecule has 0 fully saturated rings. The van der Waals surface area contributed by atoms with Gasteiger partial charge in [-0.3, -0.25) is 0 Å². The average Bonchev–Trinajstić information content (AvgIpc) is 3.15. The lowest BCUT2D eigenvalue weighted by Gasteiger charge is -2.25. The molecule has 0 radical (unpaired) electrons. The van der Waals surface area contributed by atoms with Crippen LogP contribution >= 0.6 is 7.92 Å². The van der Waals surface area contributed by atoms with E-state index in [2.05, 4.69) is 194 Å². The lowest BCUT2D eigenvalue weighted by Crippen LogP contribution is -2.22. The summed E-state index contributed by atoms with van der Waals surface area (Å²) in [6.45, 7) is 0. The Kier molecular flexibility index (Phi) is 7.98. The molecule has 0 aliphatic heterocycles. The highest BCUT2D eigenvalue weighted by Gasteiger charge is 2.25. The summed E-state index contributed by atoms with van der Waals surface area (Å²) < 4.78 is 0. The summed E-state index contributed by atoms with van der Waals surface area (Å²) in [5.74, 6) is 0. The highest BCUT2D eigenvalue weighted by atomic mass is 31.1. The van der Waals surface area contributed by atoms with Crippen LogP contribution in [-0.2, 0) is 0 Å². The lowest BCUT2D eigenvalue weighted by atomic mass is 9.92. The van der Waals surface area contributed by atoms with Crippen LogP contribution in [0.4, 0.5) is 5.69 Å². The fourth-order valence-electron chi connectivity index (χ4n) is 6.51. The highest BCUT2D eigenvalue weighted by molar-refractivity contribution is 7.80. The van der Waals surface area contributed by atoms with Crippen LogP contribution in [0.5, 0.6) is 0 Å². The number of fused-ring (bicyclic) bond motifs is 2. The van der Waals surface area contributed by atoms with Gasteiger partial charge in [-0.25, -0.2) is 4.99 Å². The van der Waals surface area contributed by atoms with Crippen LogP contribution in [0, 0.1) is 0 Å². The molecule has 8 rings (SSSR count). The Morgan fingerprint density at radius 2 is 0.787 bits per heavy atom. The molecule has 0 unspecified atom stereocenters. The first-order valence-corrected chi connectivity index (χ1v) is 17.3. The van der Waals surface area contributed by atoms with Crippen LogP contribution in [0.2, 0.25) is 0 Å². The van der Waals surface area contributed by atoms with Crippen molar-refractivity contribution in [3.8, 4) is 11.1 Å². The normalized spacial score (nSPS) is 11.2. The van der Waals surface area contributed by atoms with Gasteiger partial charge in [0.15, 0.2) is 0 Å². The average molecular weight is 618 g/mol. The van der Waals surface area contributed by atoms with Crippen molar-refractivity contribution in [3.05, 3.63) is 205 Å². The Balaban J connectivity index is 1.50. The smallest absolute Gasteiger partial charge is 0.0781 e. The van der Waals surface area contributed by atoms with Crippen molar-refractivity contribution in [2.75, 3.05) is 0 Å². The van der Waals surface area contributed by atoms with Crippen molar-refractivity contribution in [2.45, 2.75) is 0 Å². The van der Waals surface area contributed by atoms with Crippen molar-refractivity contribution in [3.63, 3.8) is 0 Å². The molecule has 0 saturated carbocycles. The number of nitrogens with zero attached hydrogens (tertiary/aromatic N) is 1. The first kappa shape index (κ1) is 28.8. The first-order valence-electron chi connectivity index (χ1n) is 16.0. The third-order valence-corrected chi connectivity index (χ3v) is 11.1. The fraction of sp³-hybridized carbons (Fsp3) is 0. The Morgan fingerprint density at radius 3 is 1.32 bits per heavy atom. The van der Waals surface area contributed by atoms with Gasteiger partial charge in [0.05, 0.1) is 11.4 Å². The molecule has 0 aromatic heterocycles. The Hall–Kier alpha value is -5.62. The van der Waals surface area contributed by atoms with Gasteiger partial charge in [0.25, 0.3) is 0 Å². The van der Waals surface area contributed by atoms with Crippen LogP contribution in [-0.4, -0.2) is 5.71 Å². The Bertz CT molecular complexity index is 2250. The molecule has 0 amide bonds. The molecule has 0 saturated heterocycles. The van der Waals surface area contributed by atoms with Gasteiger partial charge in [0.2, 0.25) is 0 Å². The number of aliphatic imine (C=N–C) groups is 1. The van der Waals surface area contributed by atoms with E-state index in [9.17, 15) is 0 Å². The SMILES string of the molecule is c1ccc(C(=Nc2ccc3ccccc3c2-c2c(P(c3ccccc3)c3ccccc3)ccc3ccccc23)c2ccccc2)cc1. The Morgan fingerprint density at radius 1 is 0.362 bits per heavy atom. The third-order valence-electron chi connectivity index (χ3n) is 8.66. The van der Waals surface area contributed by atoms with Gasteiger partial charge in [-0.15, -0.1) is 0 Å². The maximum Gasteiger partial charge on any atom is 0.0781 e. The number of benzene rings is 8. The molecule has 0 N–H and O–H groups in total. The zero-order valence-corrected chi connectivity index (χ0v) is 26.8. The monoisotopic (exact) mass is 617 g/mol. The molecule has 1 nitrogen and oxygen atoms in total. The quantitative estimate of drug-likeness (QED) is 0.125. The van der Waals surface area contributed by atoms with Crippen LogP contribution in [0.3, 0.4) is 0 Å². The molecule has 0 heterocycles. The van der Waals surface area contributed by atoms with E-state index in [4.69, 9.17) is 4.99 Å². The van der Waals surface area contributed by atoms with Gasteiger partial charge >= 0.3 is 0 Å². The van der Waals surface area contributed by atoms with E-state index in [0.29, 0.717) is 0 Å². The van der Waals surface area contributed by atoms with Gasteiger partial charge in [-0.05, 0) is 51.4 Å². The molecule has 47 heavy (non-hydrogen) atoms. The van der Waals surface area contributed by atoms with E-state index < -0.39 is 7.92 Å². The summed E-state index contributed by atoms with van der Waals surface area (Å²) in [6.07, 6.45) is 0. The van der Waals surface area contributed by atoms with Gasteiger partial charge in [0.1, 0.15) is 0 Å². The minimum absolute atomic E-state index is 0.888. The van der Waals surface area contributed by atoms with Crippen LogP contribution < -0.4 is 15.9 Å². The van der Waals surface area contributed by atoms with Crippen molar-refractivity contribution in [2.24, 2.45) is 4.99 Å². The summed E-state index contributed by atoms with van der Waals surface area (Å²) in [5, 5.41) is 8.82. The molecular formula is C45H32NP. The van der Waals surface area contributed by atoms with E-state index in [1.807, 2.05) is 0 Å². The van der Waals surface area contributed by atoms with Crippen LogP contribution in [0.1, 0.15) is 11.1 Å². The second-order valence-corrected chi connectivity index (χ2v) is 13.7. The first-order chi connectivity index (χ1) is 23.3. The predicted molar refractivity (Wildman–Crippen MR) is 204 cm³/mol. The van der Waals surface area contributed by atoms with E-state index in [0.717, 1.165) is 22.5 Å². The molecule has 0 aliphatic carbocycles. The maximum atomic E-state index is 5.60. The summed E-state index contributed by atoms with van der Waals surface area (Å²) in [5.41, 5.74) is 6.51. The maximum absolute atomic E-state index is 5.60. The summed E-state index contributed by atoms with van der Waals surface area (Å²) >= 11 is 0. The highest BCUT2D eigenvalue weighted by Crippen LogP contribution is 2.45. The van der Waals surface area contributed by atoms with Crippen molar-refractivity contribution in [1.82, 2.24) is 0 Å². The zero-order chi connectivity index (χ0) is 31.4. The van der Waals surface area contributed by atoms with E-state index >= 15 is 0 Å². The van der Waals surface area contributed by atoms with Crippen LogP contribution in [0.15, 0.2) is 199 Å². The number of hydrogen-bond acceptors (Lipinski definition) is 1. The van der Waals surface area contributed by atoms with E-state index in [1.54, 1.807) is 0 Å². The second kappa shape index (κ2) is 13.0. The van der Waals surface area contributed by atoms with Crippen molar-refractivity contribution < 1.29 is 0 Å². The van der Waals surface area contributed by atoms with Crippen LogP contribution in [0.25, 0.3) is 32.7 Å². The minimum Gasteiger partial charge on any atom is -0.247 e. The van der Waals surface area contributed by atoms with E-state index in [1.165, 1.54) is 48.6 Å². The van der Waals surface area contributed by atoms with Gasteiger partial charge in [0, 0.05) is 22.3 Å².